The summed E-state index contributed by atoms with van der Waals surface area (Å²) in [5.74, 6) is -1.30. The molecule has 8 nitrogen and oxygen atoms in total. The van der Waals surface area contributed by atoms with E-state index in [0.717, 1.165) is 0 Å². The van der Waals surface area contributed by atoms with Crippen molar-refractivity contribution in [3.63, 3.8) is 0 Å². The number of benzene rings is 1. The molecule has 122 valence electrons. The van der Waals surface area contributed by atoms with Gasteiger partial charge in [-0.05, 0) is 5.56 Å². The van der Waals surface area contributed by atoms with Crippen LogP contribution in [0.2, 0.25) is 0 Å². The first kappa shape index (κ1) is 16.8. The summed E-state index contributed by atoms with van der Waals surface area (Å²) in [5, 5.41) is 47.6. The first-order chi connectivity index (χ1) is 10.5. The van der Waals surface area contributed by atoms with E-state index in [9.17, 15) is 25.2 Å². The van der Waals surface area contributed by atoms with Crippen molar-refractivity contribution in [2.45, 2.75) is 36.8 Å². The molecule has 1 fully saturated rings. The predicted molar refractivity (Wildman–Crippen MR) is 71.7 cm³/mol. The minimum Gasteiger partial charge on any atom is -0.479 e. The first-order valence-electron chi connectivity index (χ1n) is 6.69. The summed E-state index contributed by atoms with van der Waals surface area (Å²) in [6.07, 6.45) is -8.89. The molecular formula is C14H18O8. The zero-order valence-electron chi connectivity index (χ0n) is 11.5. The molecule has 1 aromatic rings. The molecule has 8 heteroatoms. The Morgan fingerprint density at radius 3 is 2.32 bits per heavy atom. The van der Waals surface area contributed by atoms with Crippen molar-refractivity contribution in [3.05, 3.63) is 35.9 Å². The molecule has 1 aliphatic rings. The topological polar surface area (TPSA) is 137 Å². The largest absolute Gasteiger partial charge is 0.479 e. The Morgan fingerprint density at radius 1 is 1.14 bits per heavy atom. The second kappa shape index (κ2) is 7.14. The molecule has 5 N–H and O–H groups in total. The van der Waals surface area contributed by atoms with E-state index in [-0.39, 0.29) is 0 Å². The lowest BCUT2D eigenvalue weighted by atomic mass is 9.99. The van der Waals surface area contributed by atoms with Gasteiger partial charge in [-0.25, -0.2) is 4.79 Å². The normalized spacial score (nSPS) is 33.4. The van der Waals surface area contributed by atoms with Crippen molar-refractivity contribution in [3.8, 4) is 0 Å². The number of rotatable bonds is 5. The Bertz CT molecular complexity index is 491. The molecule has 0 aliphatic carbocycles. The molecule has 22 heavy (non-hydrogen) atoms. The number of carboxylic acids is 1. The summed E-state index contributed by atoms with van der Waals surface area (Å²) in [6.45, 7) is -0.617. The Labute approximate surface area is 126 Å². The predicted octanol–water partition coefficient (Wildman–Crippen LogP) is -1.37. The monoisotopic (exact) mass is 314 g/mol. The van der Waals surface area contributed by atoms with Crippen LogP contribution in [0.25, 0.3) is 0 Å². The standard InChI is InChI=1S/C14H18O8/c15-6-8-9(16)10(17)11(18)14(21-8)22-12(13(19)20)7-4-2-1-3-5-7/h1-5,8-12,14-18H,6H2,(H,19,20)/t8-,9-,10+,11-,12-,14+/m1/s1. The van der Waals surface area contributed by atoms with Crippen LogP contribution in [-0.2, 0) is 14.3 Å². The van der Waals surface area contributed by atoms with E-state index >= 15 is 0 Å². The molecule has 0 saturated carbocycles. The van der Waals surface area contributed by atoms with Gasteiger partial charge in [0, 0.05) is 0 Å². The van der Waals surface area contributed by atoms with Gasteiger partial charge in [-0.2, -0.15) is 0 Å². The van der Waals surface area contributed by atoms with Crippen LogP contribution in [0.1, 0.15) is 11.7 Å². The van der Waals surface area contributed by atoms with Crippen LogP contribution in [0.5, 0.6) is 0 Å². The molecule has 0 amide bonds. The lowest BCUT2D eigenvalue weighted by Crippen LogP contribution is -2.59. The second-order valence-corrected chi connectivity index (χ2v) is 4.96. The number of carboxylic acid groups (broad SMARTS) is 1. The summed E-state index contributed by atoms with van der Waals surface area (Å²) in [7, 11) is 0. The van der Waals surface area contributed by atoms with E-state index in [4.69, 9.17) is 14.6 Å². The number of aliphatic hydroxyl groups excluding tert-OH is 4. The lowest BCUT2D eigenvalue weighted by molar-refractivity contribution is -0.311. The highest BCUT2D eigenvalue weighted by Crippen LogP contribution is 2.27. The SMILES string of the molecule is O=C(O)[C@H](O[C@@H]1O[C@H](CO)[C@@H](O)[C@H](O)[C@H]1O)c1ccccc1. The molecule has 1 aliphatic heterocycles. The van der Waals surface area contributed by atoms with Gasteiger partial charge in [0.1, 0.15) is 24.4 Å². The van der Waals surface area contributed by atoms with Crippen molar-refractivity contribution in [1.29, 1.82) is 0 Å². The van der Waals surface area contributed by atoms with E-state index in [1.807, 2.05) is 0 Å². The fraction of sp³-hybridized carbons (Fsp3) is 0.500. The molecule has 1 heterocycles. The van der Waals surface area contributed by atoms with Crippen molar-refractivity contribution >= 4 is 5.97 Å². The number of hydrogen-bond donors (Lipinski definition) is 5. The van der Waals surface area contributed by atoms with Crippen molar-refractivity contribution in [2.24, 2.45) is 0 Å². The summed E-state index contributed by atoms with van der Waals surface area (Å²) in [5.41, 5.74) is 0.326. The van der Waals surface area contributed by atoms with Gasteiger partial charge < -0.3 is 35.0 Å². The maximum Gasteiger partial charge on any atom is 0.337 e. The molecule has 2 rings (SSSR count). The third-order valence-electron chi connectivity index (χ3n) is 3.45. The van der Waals surface area contributed by atoms with Crippen LogP contribution in [0.15, 0.2) is 30.3 Å². The quantitative estimate of drug-likeness (QED) is 0.449. The Kier molecular flexibility index (Phi) is 5.46. The van der Waals surface area contributed by atoms with Crippen LogP contribution in [-0.4, -0.2) is 68.8 Å². The van der Waals surface area contributed by atoms with Crippen LogP contribution in [0.4, 0.5) is 0 Å². The van der Waals surface area contributed by atoms with Crippen LogP contribution < -0.4 is 0 Å². The maximum atomic E-state index is 11.4. The number of aliphatic hydroxyl groups is 4. The number of carbonyl (C=O) groups is 1. The molecule has 0 bridgehead atoms. The molecular weight excluding hydrogens is 296 g/mol. The van der Waals surface area contributed by atoms with Crippen molar-refractivity contribution in [1.82, 2.24) is 0 Å². The van der Waals surface area contributed by atoms with Gasteiger partial charge in [0.25, 0.3) is 0 Å². The number of hydrogen-bond acceptors (Lipinski definition) is 7. The van der Waals surface area contributed by atoms with Crippen LogP contribution in [0.3, 0.4) is 0 Å². The molecule has 1 saturated heterocycles. The summed E-state index contributed by atoms with van der Waals surface area (Å²) < 4.78 is 10.4. The highest BCUT2D eigenvalue weighted by Gasteiger charge is 2.45. The maximum absolute atomic E-state index is 11.4. The minimum absolute atomic E-state index is 0.326. The third-order valence-corrected chi connectivity index (χ3v) is 3.45. The fourth-order valence-corrected chi connectivity index (χ4v) is 2.22. The van der Waals surface area contributed by atoms with Crippen LogP contribution in [0, 0.1) is 0 Å². The Morgan fingerprint density at radius 2 is 1.77 bits per heavy atom. The van der Waals surface area contributed by atoms with Gasteiger partial charge in [0.05, 0.1) is 6.61 Å². The van der Waals surface area contributed by atoms with Gasteiger partial charge in [-0.3, -0.25) is 0 Å². The van der Waals surface area contributed by atoms with E-state index in [2.05, 4.69) is 0 Å². The smallest absolute Gasteiger partial charge is 0.337 e. The molecule has 0 spiro atoms. The summed E-state index contributed by atoms with van der Waals surface area (Å²) in [6, 6.07) is 8.02. The number of ether oxygens (including phenoxy) is 2. The second-order valence-electron chi connectivity index (χ2n) is 4.96. The Hall–Kier alpha value is -1.55. The average Bonchev–Trinajstić information content (AvgIpc) is 2.52. The van der Waals surface area contributed by atoms with E-state index in [1.165, 1.54) is 12.1 Å². The lowest BCUT2D eigenvalue weighted by Gasteiger charge is -2.40. The van der Waals surface area contributed by atoms with Crippen molar-refractivity contribution < 1.29 is 39.8 Å². The van der Waals surface area contributed by atoms with Gasteiger partial charge in [0.2, 0.25) is 0 Å². The van der Waals surface area contributed by atoms with Gasteiger partial charge in [-0.1, -0.05) is 30.3 Å². The van der Waals surface area contributed by atoms with Gasteiger partial charge in [0.15, 0.2) is 12.4 Å². The zero-order chi connectivity index (χ0) is 16.3. The minimum atomic E-state index is -1.65. The molecule has 6 atom stereocenters. The third kappa shape index (κ3) is 3.43. The fourth-order valence-electron chi connectivity index (χ4n) is 2.22. The van der Waals surface area contributed by atoms with Crippen molar-refractivity contribution in [2.75, 3.05) is 6.61 Å². The Balaban J connectivity index is 2.17. The van der Waals surface area contributed by atoms with E-state index in [1.54, 1.807) is 18.2 Å². The van der Waals surface area contributed by atoms with Crippen LogP contribution >= 0.6 is 0 Å². The first-order valence-corrected chi connectivity index (χ1v) is 6.69. The van der Waals surface area contributed by atoms with Gasteiger partial charge >= 0.3 is 5.97 Å². The molecule has 1 aromatic carbocycles. The summed E-state index contributed by atoms with van der Waals surface area (Å²) >= 11 is 0. The summed E-state index contributed by atoms with van der Waals surface area (Å²) in [4.78, 5) is 11.4. The zero-order valence-corrected chi connectivity index (χ0v) is 11.5. The van der Waals surface area contributed by atoms with Gasteiger partial charge in [-0.15, -0.1) is 0 Å². The highest BCUT2D eigenvalue weighted by atomic mass is 16.7. The number of aliphatic carboxylic acids is 1. The molecule has 0 radical (unpaired) electrons. The van der Waals surface area contributed by atoms with E-state index < -0.39 is 49.4 Å². The molecule has 0 aromatic heterocycles. The van der Waals surface area contributed by atoms with E-state index in [0.29, 0.717) is 5.56 Å². The highest BCUT2D eigenvalue weighted by molar-refractivity contribution is 5.74. The molecule has 0 unspecified atom stereocenters. The average molecular weight is 314 g/mol.